The van der Waals surface area contributed by atoms with Gasteiger partial charge in [-0.2, -0.15) is 0 Å². The van der Waals surface area contributed by atoms with Crippen LogP contribution in [0, 0.1) is 4.84 Å². The first-order valence-electron chi connectivity index (χ1n) is 7.70. The van der Waals surface area contributed by atoms with Gasteiger partial charge in [0.05, 0.1) is 11.6 Å². The number of nitrogens with zero attached hydrogens (tertiary/aromatic N) is 1. The molecule has 25 heavy (non-hydrogen) atoms. The zero-order valence-electron chi connectivity index (χ0n) is 14.1. The summed E-state index contributed by atoms with van der Waals surface area (Å²) >= 11 is 4.97. The third-order valence-corrected chi connectivity index (χ3v) is 5.39. The van der Waals surface area contributed by atoms with E-state index < -0.39 is 10.8 Å². The lowest BCUT2D eigenvalue weighted by molar-refractivity contribution is 0.0742. The van der Waals surface area contributed by atoms with Crippen LogP contribution in [0.4, 0.5) is 0 Å². The Morgan fingerprint density at radius 2 is 1.92 bits per heavy atom. The van der Waals surface area contributed by atoms with E-state index in [-0.39, 0.29) is 16.8 Å². The second-order valence-electron chi connectivity index (χ2n) is 5.84. The molecule has 7 heteroatoms. The van der Waals surface area contributed by atoms with Crippen molar-refractivity contribution in [3.63, 3.8) is 0 Å². The van der Waals surface area contributed by atoms with Crippen molar-refractivity contribution in [1.82, 2.24) is 9.88 Å². The maximum absolute atomic E-state index is 12.8. The predicted octanol–water partition coefficient (Wildman–Crippen LogP) is 4.06. The molecule has 0 unspecified atom stereocenters. The summed E-state index contributed by atoms with van der Waals surface area (Å²) in [6.07, 6.45) is 1.64. The van der Waals surface area contributed by atoms with Crippen molar-refractivity contribution in [2.24, 2.45) is 0 Å². The maximum Gasteiger partial charge on any atom is 0.266 e. The molecular weight excluding hydrogens is 356 g/mol. The first-order valence-corrected chi connectivity index (χ1v) is 9.67. The standard InChI is InChI=1S/C18H18N2O3S2/c1-11(12-4-7-14(8-5-12)25(3)22)20(2)17(21)13-6-9-15-16(10-13)23-18(24)19-15/h4-11H,1-3H3,(H,19,24)/t11-,25-/m0/s1. The summed E-state index contributed by atoms with van der Waals surface area (Å²) in [5.41, 5.74) is 2.84. The fraction of sp³-hybridized carbons (Fsp3) is 0.222. The summed E-state index contributed by atoms with van der Waals surface area (Å²) in [7, 11) is 0.746. The predicted molar refractivity (Wildman–Crippen MR) is 101 cm³/mol. The van der Waals surface area contributed by atoms with Gasteiger partial charge in [-0.1, -0.05) is 12.1 Å². The van der Waals surface area contributed by atoms with Crippen LogP contribution in [-0.4, -0.2) is 33.3 Å². The van der Waals surface area contributed by atoms with Gasteiger partial charge in [-0.05, 0) is 55.0 Å². The van der Waals surface area contributed by atoms with Gasteiger partial charge in [0.25, 0.3) is 10.7 Å². The van der Waals surface area contributed by atoms with Crippen molar-refractivity contribution in [3.05, 3.63) is 58.4 Å². The number of oxazole rings is 1. The number of aromatic amines is 1. The van der Waals surface area contributed by atoms with Gasteiger partial charge in [0, 0.05) is 34.6 Å². The molecular formula is C18H18N2O3S2. The van der Waals surface area contributed by atoms with Gasteiger partial charge in [-0.15, -0.1) is 0 Å². The summed E-state index contributed by atoms with van der Waals surface area (Å²) in [5, 5.41) is 0. The number of hydrogen-bond donors (Lipinski definition) is 1. The molecule has 2 aromatic carbocycles. The third-order valence-electron chi connectivity index (χ3n) is 4.26. The number of carbonyl (C=O) groups excluding carboxylic acids is 1. The zero-order valence-corrected chi connectivity index (χ0v) is 15.7. The molecule has 0 radical (unpaired) electrons. The van der Waals surface area contributed by atoms with Crippen molar-refractivity contribution < 1.29 is 13.4 Å². The minimum Gasteiger partial charge on any atom is -0.429 e. The Labute approximate surface area is 153 Å². The van der Waals surface area contributed by atoms with E-state index in [0.29, 0.717) is 11.1 Å². The molecule has 1 N–H and O–H groups in total. The molecule has 1 heterocycles. The Hall–Kier alpha value is -2.25. The van der Waals surface area contributed by atoms with Gasteiger partial charge in [0.1, 0.15) is 0 Å². The fourth-order valence-electron chi connectivity index (χ4n) is 2.62. The van der Waals surface area contributed by atoms with E-state index in [1.54, 1.807) is 36.4 Å². The van der Waals surface area contributed by atoms with Crippen LogP contribution in [0.2, 0.25) is 0 Å². The Balaban J connectivity index is 1.84. The minimum absolute atomic E-state index is 0.111. The van der Waals surface area contributed by atoms with Crippen molar-refractivity contribution in [1.29, 1.82) is 0 Å². The number of fused-ring (bicyclic) bond motifs is 1. The first kappa shape index (κ1) is 17.6. The van der Waals surface area contributed by atoms with Gasteiger partial charge in [0.15, 0.2) is 5.58 Å². The highest BCUT2D eigenvalue weighted by Gasteiger charge is 2.20. The normalized spacial score (nSPS) is 13.6. The third kappa shape index (κ3) is 3.57. The Morgan fingerprint density at radius 3 is 2.56 bits per heavy atom. The van der Waals surface area contributed by atoms with Crippen molar-refractivity contribution in [3.8, 4) is 0 Å². The van der Waals surface area contributed by atoms with Crippen LogP contribution in [0.3, 0.4) is 0 Å². The van der Waals surface area contributed by atoms with Crippen LogP contribution in [0.5, 0.6) is 0 Å². The van der Waals surface area contributed by atoms with Gasteiger partial charge in [-0.25, -0.2) is 0 Å². The van der Waals surface area contributed by atoms with Gasteiger partial charge in [-0.3, -0.25) is 9.00 Å². The summed E-state index contributed by atoms with van der Waals surface area (Å²) in [6.45, 7) is 1.95. The average Bonchev–Trinajstić information content (AvgIpc) is 2.99. The van der Waals surface area contributed by atoms with E-state index in [1.807, 2.05) is 31.2 Å². The van der Waals surface area contributed by atoms with Gasteiger partial charge < -0.3 is 14.3 Å². The number of carbonyl (C=O) groups is 1. The monoisotopic (exact) mass is 374 g/mol. The molecule has 1 amide bonds. The highest BCUT2D eigenvalue weighted by molar-refractivity contribution is 7.84. The van der Waals surface area contributed by atoms with E-state index in [1.165, 1.54) is 0 Å². The smallest absolute Gasteiger partial charge is 0.266 e. The fourth-order valence-corrected chi connectivity index (χ4v) is 3.34. The molecule has 0 aliphatic rings. The SMILES string of the molecule is C[C@@H](c1ccc([S@](C)=O)cc1)N(C)C(=O)c1ccc2[nH]c(=S)oc2c1. The zero-order chi connectivity index (χ0) is 18.1. The number of aromatic nitrogens is 1. The second-order valence-corrected chi connectivity index (χ2v) is 7.59. The largest absolute Gasteiger partial charge is 0.429 e. The van der Waals surface area contributed by atoms with E-state index in [9.17, 15) is 9.00 Å². The maximum atomic E-state index is 12.8. The molecule has 0 aliphatic carbocycles. The first-order chi connectivity index (χ1) is 11.9. The Kier molecular flexibility index (Phi) is 4.87. The molecule has 1 aromatic heterocycles. The number of amides is 1. The van der Waals surface area contributed by atoms with Crippen molar-refractivity contribution >= 4 is 40.0 Å². The molecule has 5 nitrogen and oxygen atoms in total. The highest BCUT2D eigenvalue weighted by atomic mass is 32.2. The van der Waals surface area contributed by atoms with E-state index >= 15 is 0 Å². The molecule has 2 atom stereocenters. The van der Waals surface area contributed by atoms with E-state index in [4.69, 9.17) is 16.6 Å². The van der Waals surface area contributed by atoms with Crippen LogP contribution in [0.1, 0.15) is 28.9 Å². The molecule has 0 saturated heterocycles. The number of nitrogens with one attached hydrogen (secondary N) is 1. The lowest BCUT2D eigenvalue weighted by Gasteiger charge is -2.25. The van der Waals surface area contributed by atoms with Crippen LogP contribution in [-0.2, 0) is 10.8 Å². The Bertz CT molecular complexity index is 1010. The van der Waals surface area contributed by atoms with E-state index in [0.717, 1.165) is 16.0 Å². The van der Waals surface area contributed by atoms with Crippen LogP contribution in [0.15, 0.2) is 51.8 Å². The number of H-pyrrole nitrogens is 1. The number of benzene rings is 2. The van der Waals surface area contributed by atoms with Crippen LogP contribution >= 0.6 is 12.2 Å². The summed E-state index contributed by atoms with van der Waals surface area (Å²) in [6, 6.07) is 12.6. The summed E-state index contributed by atoms with van der Waals surface area (Å²) in [4.78, 5) is 18.4. The molecule has 0 bridgehead atoms. The minimum atomic E-state index is -1.01. The quantitative estimate of drug-likeness (QED) is 0.700. The average molecular weight is 374 g/mol. The lowest BCUT2D eigenvalue weighted by atomic mass is 10.1. The Morgan fingerprint density at radius 1 is 1.24 bits per heavy atom. The van der Waals surface area contributed by atoms with Gasteiger partial charge in [0.2, 0.25) is 0 Å². The van der Waals surface area contributed by atoms with E-state index in [2.05, 4.69) is 4.98 Å². The van der Waals surface area contributed by atoms with Crippen LogP contribution < -0.4 is 0 Å². The summed E-state index contributed by atoms with van der Waals surface area (Å²) in [5.74, 6) is -0.111. The van der Waals surface area contributed by atoms with Crippen LogP contribution in [0.25, 0.3) is 11.1 Å². The lowest BCUT2D eigenvalue weighted by Crippen LogP contribution is -2.29. The molecule has 3 rings (SSSR count). The number of hydrogen-bond acceptors (Lipinski definition) is 4. The second kappa shape index (κ2) is 6.93. The highest BCUT2D eigenvalue weighted by Crippen LogP contribution is 2.23. The number of rotatable bonds is 4. The van der Waals surface area contributed by atoms with Gasteiger partial charge >= 0.3 is 0 Å². The van der Waals surface area contributed by atoms with Crippen molar-refractivity contribution in [2.75, 3.05) is 13.3 Å². The molecule has 0 fully saturated rings. The molecule has 3 aromatic rings. The molecule has 0 spiro atoms. The summed E-state index contributed by atoms with van der Waals surface area (Å²) < 4.78 is 16.9. The molecule has 0 saturated carbocycles. The topological polar surface area (TPSA) is 66.3 Å². The van der Waals surface area contributed by atoms with Crippen molar-refractivity contribution in [2.45, 2.75) is 17.9 Å². The molecule has 130 valence electrons. The molecule has 0 aliphatic heterocycles.